The molecule has 1 aromatic heterocycles. The molecule has 196 valence electrons. The lowest BCUT2D eigenvalue weighted by Crippen LogP contribution is -2.16. The number of hydrazone groups is 1. The van der Waals surface area contributed by atoms with Crippen LogP contribution in [0.3, 0.4) is 0 Å². The number of H-pyrrole nitrogens is 1. The van der Waals surface area contributed by atoms with Crippen LogP contribution in [0.4, 0.5) is 5.95 Å². The SMILES string of the molecule is N#Cc1c(-c2ccccc2)nc(NN=Cc2ccc(OCc3ccccc3)cc2OCc2ccccc2)[nH]c1=O. The quantitative estimate of drug-likeness (QED) is 0.172. The van der Waals surface area contributed by atoms with Crippen LogP contribution >= 0.6 is 0 Å². The van der Waals surface area contributed by atoms with E-state index in [1.165, 1.54) is 0 Å². The Hall–Kier alpha value is -5.68. The number of ether oxygens (including phenoxy) is 2. The van der Waals surface area contributed by atoms with Crippen molar-refractivity contribution in [3.63, 3.8) is 0 Å². The van der Waals surface area contributed by atoms with Gasteiger partial charge < -0.3 is 9.47 Å². The minimum Gasteiger partial charge on any atom is -0.489 e. The molecule has 0 saturated carbocycles. The highest BCUT2D eigenvalue weighted by molar-refractivity contribution is 5.84. The first-order valence-corrected chi connectivity index (χ1v) is 12.6. The number of hydrogen-bond acceptors (Lipinski definition) is 7. The molecule has 0 amide bonds. The van der Waals surface area contributed by atoms with Gasteiger partial charge in [0, 0.05) is 17.2 Å². The first-order valence-electron chi connectivity index (χ1n) is 12.6. The summed E-state index contributed by atoms with van der Waals surface area (Å²) >= 11 is 0. The number of nitrogens with one attached hydrogen (secondary N) is 2. The highest BCUT2D eigenvalue weighted by atomic mass is 16.5. The van der Waals surface area contributed by atoms with Gasteiger partial charge in [-0.05, 0) is 23.3 Å². The van der Waals surface area contributed by atoms with Crippen LogP contribution in [0.5, 0.6) is 11.5 Å². The highest BCUT2D eigenvalue weighted by Gasteiger charge is 2.13. The lowest BCUT2D eigenvalue weighted by Gasteiger charge is -2.12. The van der Waals surface area contributed by atoms with E-state index in [1.807, 2.05) is 103 Å². The predicted molar refractivity (Wildman–Crippen MR) is 154 cm³/mol. The molecule has 0 fully saturated rings. The van der Waals surface area contributed by atoms with E-state index >= 15 is 0 Å². The minimum atomic E-state index is -0.555. The average Bonchev–Trinajstić information content (AvgIpc) is 3.01. The van der Waals surface area contributed by atoms with Crippen molar-refractivity contribution in [3.8, 4) is 28.8 Å². The second-order valence-electron chi connectivity index (χ2n) is 8.73. The highest BCUT2D eigenvalue weighted by Crippen LogP contribution is 2.26. The fourth-order valence-corrected chi connectivity index (χ4v) is 3.91. The summed E-state index contributed by atoms with van der Waals surface area (Å²) in [6, 6.07) is 36.2. The summed E-state index contributed by atoms with van der Waals surface area (Å²) in [6.45, 7) is 0.789. The molecule has 0 bridgehead atoms. The zero-order valence-corrected chi connectivity index (χ0v) is 21.5. The zero-order chi connectivity index (χ0) is 27.6. The average molecular weight is 528 g/mol. The number of benzene rings is 4. The molecule has 0 unspecified atom stereocenters. The van der Waals surface area contributed by atoms with Crippen LogP contribution in [0.1, 0.15) is 22.3 Å². The number of hydrogen-bond donors (Lipinski definition) is 2. The molecular weight excluding hydrogens is 502 g/mol. The normalized spacial score (nSPS) is 10.7. The molecule has 5 aromatic rings. The Morgan fingerprint density at radius 2 is 1.48 bits per heavy atom. The third-order valence-electron chi connectivity index (χ3n) is 5.92. The van der Waals surface area contributed by atoms with Gasteiger partial charge in [-0.2, -0.15) is 10.4 Å². The van der Waals surface area contributed by atoms with Gasteiger partial charge in [0.1, 0.15) is 36.3 Å². The fourth-order valence-electron chi connectivity index (χ4n) is 3.91. The van der Waals surface area contributed by atoms with Gasteiger partial charge in [-0.25, -0.2) is 10.4 Å². The van der Waals surface area contributed by atoms with Crippen molar-refractivity contribution in [3.05, 3.63) is 142 Å². The smallest absolute Gasteiger partial charge is 0.270 e. The standard InChI is InChI=1S/C32H25N5O3/c33-19-28-30(25-14-8-3-9-15-25)35-32(36-31(28)38)37-34-20-26-16-17-27(39-21-23-10-4-1-5-11-23)18-29(26)40-22-24-12-6-2-7-13-24/h1-18,20H,21-22H2,(H2,35,36,37,38). The Balaban J connectivity index is 1.37. The van der Waals surface area contributed by atoms with Crippen molar-refractivity contribution in [2.24, 2.45) is 5.10 Å². The molecule has 0 atom stereocenters. The van der Waals surface area contributed by atoms with Crippen molar-refractivity contribution < 1.29 is 9.47 Å². The molecule has 0 radical (unpaired) electrons. The van der Waals surface area contributed by atoms with Gasteiger partial charge in [0.05, 0.1) is 11.9 Å². The third-order valence-corrected chi connectivity index (χ3v) is 5.92. The molecule has 1 heterocycles. The van der Waals surface area contributed by atoms with Gasteiger partial charge in [0.2, 0.25) is 5.95 Å². The molecule has 0 aliphatic rings. The summed E-state index contributed by atoms with van der Waals surface area (Å²) in [4.78, 5) is 19.5. The first kappa shape index (κ1) is 25.9. The molecule has 0 saturated heterocycles. The van der Waals surface area contributed by atoms with Crippen LogP contribution in [-0.2, 0) is 13.2 Å². The number of aromatic amines is 1. The number of aromatic nitrogens is 2. The van der Waals surface area contributed by atoms with E-state index in [0.717, 1.165) is 11.1 Å². The van der Waals surface area contributed by atoms with Crippen LogP contribution in [0.25, 0.3) is 11.3 Å². The minimum absolute atomic E-state index is 0.0663. The van der Waals surface area contributed by atoms with E-state index in [0.29, 0.717) is 35.8 Å². The Labute approximate surface area is 231 Å². The number of anilines is 1. The molecule has 0 aliphatic heterocycles. The van der Waals surface area contributed by atoms with E-state index in [4.69, 9.17) is 9.47 Å². The van der Waals surface area contributed by atoms with Gasteiger partial charge in [-0.3, -0.25) is 9.78 Å². The van der Waals surface area contributed by atoms with Gasteiger partial charge >= 0.3 is 0 Å². The molecule has 0 aliphatic carbocycles. The topological polar surface area (TPSA) is 112 Å². The van der Waals surface area contributed by atoms with E-state index in [-0.39, 0.29) is 17.2 Å². The van der Waals surface area contributed by atoms with E-state index < -0.39 is 5.56 Å². The van der Waals surface area contributed by atoms with Crippen LogP contribution < -0.4 is 20.5 Å². The van der Waals surface area contributed by atoms with Crippen molar-refractivity contribution >= 4 is 12.2 Å². The van der Waals surface area contributed by atoms with Gasteiger partial charge in [-0.15, -0.1) is 0 Å². The van der Waals surface area contributed by atoms with Gasteiger partial charge in [0.15, 0.2) is 0 Å². The first-order chi connectivity index (χ1) is 19.7. The summed E-state index contributed by atoms with van der Waals surface area (Å²) in [5.74, 6) is 1.34. The van der Waals surface area contributed by atoms with Crippen molar-refractivity contribution in [2.75, 3.05) is 5.43 Å². The summed E-state index contributed by atoms with van der Waals surface area (Å²) in [5.41, 5.74) is 5.84. The Morgan fingerprint density at radius 3 is 2.12 bits per heavy atom. The lowest BCUT2D eigenvalue weighted by atomic mass is 10.1. The third kappa shape index (κ3) is 6.60. The summed E-state index contributed by atoms with van der Waals surface area (Å²) in [6.07, 6.45) is 1.57. The molecule has 8 heteroatoms. The Bertz CT molecular complexity index is 1700. The van der Waals surface area contributed by atoms with Crippen molar-refractivity contribution in [1.82, 2.24) is 9.97 Å². The zero-order valence-electron chi connectivity index (χ0n) is 21.5. The second kappa shape index (κ2) is 12.7. The number of nitrogens with zero attached hydrogens (tertiary/aromatic N) is 3. The fraction of sp³-hybridized carbons (Fsp3) is 0.0625. The van der Waals surface area contributed by atoms with Crippen LogP contribution in [0.15, 0.2) is 119 Å². The summed E-state index contributed by atoms with van der Waals surface area (Å²) in [7, 11) is 0. The van der Waals surface area contributed by atoms with E-state index in [1.54, 1.807) is 18.3 Å². The summed E-state index contributed by atoms with van der Waals surface area (Å²) in [5, 5.41) is 13.8. The number of rotatable bonds is 10. The molecule has 8 nitrogen and oxygen atoms in total. The van der Waals surface area contributed by atoms with Crippen molar-refractivity contribution in [2.45, 2.75) is 13.2 Å². The molecular formula is C32H25N5O3. The summed E-state index contributed by atoms with van der Waals surface area (Å²) < 4.78 is 12.1. The maximum atomic E-state index is 12.5. The lowest BCUT2D eigenvalue weighted by molar-refractivity contribution is 0.289. The molecule has 5 rings (SSSR count). The van der Waals surface area contributed by atoms with Gasteiger partial charge in [0.25, 0.3) is 5.56 Å². The predicted octanol–water partition coefficient (Wildman–Crippen LogP) is 5.91. The van der Waals surface area contributed by atoms with Crippen LogP contribution in [0, 0.1) is 11.3 Å². The Kier molecular flexibility index (Phi) is 8.25. The van der Waals surface area contributed by atoms with E-state index in [2.05, 4.69) is 20.5 Å². The maximum Gasteiger partial charge on any atom is 0.270 e. The maximum absolute atomic E-state index is 12.5. The van der Waals surface area contributed by atoms with Crippen LogP contribution in [-0.4, -0.2) is 16.2 Å². The van der Waals surface area contributed by atoms with Gasteiger partial charge in [-0.1, -0.05) is 91.0 Å². The van der Waals surface area contributed by atoms with E-state index in [9.17, 15) is 10.1 Å². The molecule has 0 spiro atoms. The largest absolute Gasteiger partial charge is 0.489 e. The number of nitriles is 1. The Morgan fingerprint density at radius 1 is 0.850 bits per heavy atom. The molecule has 40 heavy (non-hydrogen) atoms. The molecule has 4 aromatic carbocycles. The monoisotopic (exact) mass is 527 g/mol. The van der Waals surface area contributed by atoms with Crippen molar-refractivity contribution in [1.29, 1.82) is 5.26 Å². The van der Waals surface area contributed by atoms with Crippen LogP contribution in [0.2, 0.25) is 0 Å². The second-order valence-corrected chi connectivity index (χ2v) is 8.73. The molecule has 2 N–H and O–H groups in total.